The van der Waals surface area contributed by atoms with Gasteiger partial charge in [0.15, 0.2) is 0 Å². The predicted molar refractivity (Wildman–Crippen MR) is 1.37 cm³/mol. The summed E-state index contributed by atoms with van der Waals surface area (Å²) in [6.45, 7) is 0. The molecule has 0 saturated carbocycles. The zero-order valence-electron chi connectivity index (χ0n) is 1.39. The van der Waals surface area contributed by atoms with Gasteiger partial charge in [-0.1, -0.05) is 0 Å². The Morgan fingerprint density at radius 3 is 0.750 bits per heavy atom. The van der Waals surface area contributed by atoms with Crippen molar-refractivity contribution >= 4 is 0 Å². The van der Waals surface area contributed by atoms with Crippen LogP contribution in [0.2, 0.25) is 0 Å². The molecule has 2 nitrogen and oxygen atoms in total. The van der Waals surface area contributed by atoms with Gasteiger partial charge in [0.1, 0.15) is 0 Å². The molecule has 0 atom stereocenters. The molecule has 0 heterocycles. The first-order chi connectivity index (χ1) is 0. The first-order valence-corrected chi connectivity index (χ1v) is 0. The third kappa shape index (κ3) is 8.89. The van der Waals surface area contributed by atoms with Crippen molar-refractivity contribution in [3.05, 3.63) is 0 Å². The van der Waals surface area contributed by atoms with Crippen LogP contribution in [0.25, 0.3) is 0 Å². The molecule has 0 aromatic carbocycles. The predicted octanol–water partition coefficient (Wildman–Crippen LogP) is -0.240. The SMILES string of the molecule is [Ag+].[O-2].[O-2].[Yb+3]. The minimum Gasteiger partial charge on any atom is -2.00 e. The van der Waals surface area contributed by atoms with Crippen LogP contribution in [0.4, 0.5) is 0 Å². The Balaban J connectivity index is 0. The van der Waals surface area contributed by atoms with E-state index in [9.17, 15) is 0 Å². The van der Waals surface area contributed by atoms with Gasteiger partial charge in [-0.3, -0.25) is 0 Å². The van der Waals surface area contributed by atoms with Gasteiger partial charge in [-0.25, -0.2) is 0 Å². The third-order valence-electron chi connectivity index (χ3n) is 0. The molecular weight excluding hydrogens is 313 g/mol. The van der Waals surface area contributed by atoms with E-state index in [1.54, 1.807) is 0 Å². The molecule has 0 bridgehead atoms. The van der Waals surface area contributed by atoms with E-state index in [0.717, 1.165) is 0 Å². The molecule has 0 aliphatic carbocycles. The van der Waals surface area contributed by atoms with Crippen LogP contribution in [0.1, 0.15) is 0 Å². The van der Waals surface area contributed by atoms with Crippen LogP contribution < -0.4 is 0 Å². The Hall–Kier alpha value is 2.18. The van der Waals surface area contributed by atoms with E-state index < -0.39 is 0 Å². The van der Waals surface area contributed by atoms with Crippen molar-refractivity contribution in [3.8, 4) is 0 Å². The zero-order valence-corrected chi connectivity index (χ0v) is 4.58. The van der Waals surface area contributed by atoms with Gasteiger partial charge < -0.3 is 11.0 Å². The Labute approximate surface area is 78.7 Å². The summed E-state index contributed by atoms with van der Waals surface area (Å²) in [5.74, 6) is 0. The molecule has 0 amide bonds. The molecule has 4 heavy (non-hydrogen) atoms. The first-order valence-electron chi connectivity index (χ1n) is 0. The monoisotopic (exact) mass is 313 g/mol. The summed E-state index contributed by atoms with van der Waals surface area (Å²) in [7, 11) is 0. The van der Waals surface area contributed by atoms with E-state index in [4.69, 9.17) is 0 Å². The molecule has 0 spiro atoms. The van der Waals surface area contributed by atoms with Gasteiger partial charge in [-0.15, -0.1) is 0 Å². The molecule has 4 heteroatoms. The average molecular weight is 313 g/mol. The van der Waals surface area contributed by atoms with Crippen molar-refractivity contribution in [3.63, 3.8) is 0 Å². The van der Waals surface area contributed by atoms with Crippen LogP contribution in [0.15, 0.2) is 0 Å². The summed E-state index contributed by atoms with van der Waals surface area (Å²) >= 11 is 0. The van der Waals surface area contributed by atoms with Crippen LogP contribution in [0.3, 0.4) is 0 Å². The molecule has 37 valence electrons. The van der Waals surface area contributed by atoms with E-state index in [-0.39, 0.29) is 80.3 Å². The molecule has 1 radical (unpaired) electrons. The molecule has 0 aliphatic heterocycles. The Morgan fingerprint density at radius 2 is 0.750 bits per heavy atom. The van der Waals surface area contributed by atoms with Gasteiger partial charge in [0, 0.05) is 0 Å². The largest absolute Gasteiger partial charge is 3.00 e. The van der Waals surface area contributed by atoms with Crippen LogP contribution in [0, 0.1) is 46.9 Å². The van der Waals surface area contributed by atoms with Gasteiger partial charge in [-0.05, 0) is 0 Å². The molecule has 0 unspecified atom stereocenters. The number of hydrogen-bond donors (Lipinski definition) is 0. The second-order valence-electron chi connectivity index (χ2n) is 0. The quantitative estimate of drug-likeness (QED) is 0.555. The Morgan fingerprint density at radius 1 is 0.750 bits per heavy atom. The van der Waals surface area contributed by atoms with Gasteiger partial charge in [0.2, 0.25) is 0 Å². The molecule has 0 N–H and O–H groups in total. The minimum atomic E-state index is 0. The van der Waals surface area contributed by atoms with Gasteiger partial charge in [-0.2, -0.15) is 0 Å². The average Bonchev–Trinajstić information content (AvgIpc) is 0. The molecule has 0 saturated heterocycles. The minimum absolute atomic E-state index is 0. The second kappa shape index (κ2) is 19.0. The first kappa shape index (κ1) is 34.9. The van der Waals surface area contributed by atoms with Crippen LogP contribution in [-0.2, 0) is 33.3 Å². The van der Waals surface area contributed by atoms with E-state index in [0.29, 0.717) is 0 Å². The standard InChI is InChI=1S/Ag.2O.Yb/q+1;2*-2;+3. The van der Waals surface area contributed by atoms with Crippen molar-refractivity contribution in [2.75, 3.05) is 0 Å². The van der Waals surface area contributed by atoms with E-state index in [1.165, 1.54) is 0 Å². The molecule has 0 aromatic rings. The van der Waals surface area contributed by atoms with Crippen LogP contribution >= 0.6 is 0 Å². The van der Waals surface area contributed by atoms with E-state index >= 15 is 0 Å². The fraction of sp³-hybridized carbons (Fsp3) is 0. The maximum Gasteiger partial charge on any atom is 3.00 e. The van der Waals surface area contributed by atoms with Crippen molar-refractivity contribution in [1.29, 1.82) is 0 Å². The molecular formula is AgO2Yb. The Kier molecular flexibility index (Phi) is 166. The second-order valence-corrected chi connectivity index (χ2v) is 0. The summed E-state index contributed by atoms with van der Waals surface area (Å²) in [6, 6.07) is 0. The maximum atomic E-state index is 0. The van der Waals surface area contributed by atoms with Crippen molar-refractivity contribution in [2.45, 2.75) is 0 Å². The maximum absolute atomic E-state index is 0. The molecule has 0 aromatic heterocycles. The normalized spacial score (nSPS) is 0. The molecule has 0 rings (SSSR count). The van der Waals surface area contributed by atoms with Gasteiger partial charge in [0.05, 0.1) is 0 Å². The fourth-order valence-corrected chi connectivity index (χ4v) is 0. The van der Waals surface area contributed by atoms with Crippen LogP contribution in [-0.4, -0.2) is 0 Å². The van der Waals surface area contributed by atoms with Gasteiger partial charge >= 0.3 is 69.3 Å². The summed E-state index contributed by atoms with van der Waals surface area (Å²) in [5, 5.41) is 0. The fourth-order valence-electron chi connectivity index (χ4n) is 0. The van der Waals surface area contributed by atoms with Crippen molar-refractivity contribution < 1.29 is 80.3 Å². The topological polar surface area (TPSA) is 57.0 Å². The third-order valence-corrected chi connectivity index (χ3v) is 0. The van der Waals surface area contributed by atoms with Crippen molar-refractivity contribution in [1.82, 2.24) is 0 Å². The Bertz CT molecular complexity index is 6.00. The smallest absolute Gasteiger partial charge is 2.00 e. The number of hydrogen-bond acceptors (Lipinski definition) is 0. The van der Waals surface area contributed by atoms with Crippen LogP contribution in [0.5, 0.6) is 0 Å². The summed E-state index contributed by atoms with van der Waals surface area (Å²) in [4.78, 5) is 0. The number of rotatable bonds is 0. The molecule has 0 aliphatic rings. The van der Waals surface area contributed by atoms with E-state index in [2.05, 4.69) is 0 Å². The summed E-state index contributed by atoms with van der Waals surface area (Å²) in [5.41, 5.74) is 0. The molecule has 0 fully saturated rings. The van der Waals surface area contributed by atoms with Gasteiger partial charge in [0.25, 0.3) is 0 Å². The summed E-state index contributed by atoms with van der Waals surface area (Å²) < 4.78 is 0. The summed E-state index contributed by atoms with van der Waals surface area (Å²) in [6.07, 6.45) is 0. The van der Waals surface area contributed by atoms with E-state index in [1.807, 2.05) is 0 Å². The van der Waals surface area contributed by atoms with Crippen molar-refractivity contribution in [2.24, 2.45) is 0 Å². The zero-order chi connectivity index (χ0) is 0.